The number of guanidine groups is 1. The van der Waals surface area contributed by atoms with E-state index in [1.54, 1.807) is 13.1 Å². The summed E-state index contributed by atoms with van der Waals surface area (Å²) in [6.07, 6.45) is 0. The molecular weight excluding hydrogens is 367 g/mol. The van der Waals surface area contributed by atoms with E-state index in [9.17, 15) is 4.39 Å². The maximum absolute atomic E-state index is 14.6. The van der Waals surface area contributed by atoms with Crippen LogP contribution in [-0.4, -0.2) is 45.9 Å². The summed E-state index contributed by atoms with van der Waals surface area (Å²) in [6, 6.07) is 14.0. The largest absolute Gasteiger partial charge is 0.378 e. The summed E-state index contributed by atoms with van der Waals surface area (Å²) in [5.41, 5.74) is 4.09. The summed E-state index contributed by atoms with van der Waals surface area (Å²) in [7, 11) is 1.74. The molecule has 0 amide bonds. The highest BCUT2D eigenvalue weighted by molar-refractivity contribution is 5.79. The lowest BCUT2D eigenvalue weighted by Gasteiger charge is -2.29. The highest BCUT2D eigenvalue weighted by Crippen LogP contribution is 2.21. The standard InChI is InChI=1S/C23H31FN4O/c1-17-5-4-6-20(13-17)18(2)15-26-23(25-3)27-16-19-7-8-22(21(24)14-19)28-9-11-29-12-10-28/h4-8,13-14,18H,9-12,15-16H2,1-3H3,(H2,25,26,27). The molecule has 0 bridgehead atoms. The van der Waals surface area contributed by atoms with Gasteiger partial charge in [0.05, 0.1) is 18.9 Å². The topological polar surface area (TPSA) is 48.9 Å². The second kappa shape index (κ2) is 10.3. The summed E-state index contributed by atoms with van der Waals surface area (Å²) >= 11 is 0. The van der Waals surface area contributed by atoms with Crippen molar-refractivity contribution in [1.29, 1.82) is 0 Å². The van der Waals surface area contributed by atoms with E-state index < -0.39 is 0 Å². The van der Waals surface area contributed by atoms with Gasteiger partial charge in [0.1, 0.15) is 5.82 Å². The Morgan fingerprint density at radius 3 is 2.66 bits per heavy atom. The van der Waals surface area contributed by atoms with E-state index >= 15 is 0 Å². The van der Waals surface area contributed by atoms with E-state index in [2.05, 4.69) is 53.7 Å². The van der Waals surface area contributed by atoms with Gasteiger partial charge in [0, 0.05) is 33.2 Å². The molecule has 29 heavy (non-hydrogen) atoms. The number of anilines is 1. The highest BCUT2D eigenvalue weighted by Gasteiger charge is 2.15. The highest BCUT2D eigenvalue weighted by atomic mass is 19.1. The van der Waals surface area contributed by atoms with E-state index in [4.69, 9.17) is 4.74 Å². The van der Waals surface area contributed by atoms with Crippen LogP contribution in [0.4, 0.5) is 10.1 Å². The van der Waals surface area contributed by atoms with Gasteiger partial charge in [-0.05, 0) is 36.1 Å². The van der Waals surface area contributed by atoms with Crippen molar-refractivity contribution in [2.75, 3.05) is 44.8 Å². The van der Waals surface area contributed by atoms with Crippen LogP contribution in [0.3, 0.4) is 0 Å². The molecule has 1 aliphatic heterocycles. The number of nitrogens with zero attached hydrogens (tertiary/aromatic N) is 2. The number of morpholine rings is 1. The van der Waals surface area contributed by atoms with E-state index in [0.29, 0.717) is 37.3 Å². The minimum Gasteiger partial charge on any atom is -0.378 e. The van der Waals surface area contributed by atoms with Gasteiger partial charge in [0.25, 0.3) is 0 Å². The van der Waals surface area contributed by atoms with Crippen LogP contribution in [0.2, 0.25) is 0 Å². The third kappa shape index (κ3) is 5.94. The average molecular weight is 399 g/mol. The number of halogens is 1. The monoisotopic (exact) mass is 398 g/mol. The van der Waals surface area contributed by atoms with Crippen LogP contribution in [0.15, 0.2) is 47.5 Å². The first-order valence-electron chi connectivity index (χ1n) is 10.2. The zero-order chi connectivity index (χ0) is 20.6. The first-order valence-corrected chi connectivity index (χ1v) is 10.2. The summed E-state index contributed by atoms with van der Waals surface area (Å²) in [6.45, 7) is 8.32. The van der Waals surface area contributed by atoms with Crippen molar-refractivity contribution in [3.63, 3.8) is 0 Å². The fourth-order valence-electron chi connectivity index (χ4n) is 3.47. The first-order chi connectivity index (χ1) is 14.1. The predicted octanol–water partition coefficient (Wildman–Crippen LogP) is 3.44. The molecule has 5 nitrogen and oxygen atoms in total. The smallest absolute Gasteiger partial charge is 0.191 e. The van der Waals surface area contributed by atoms with Crippen molar-refractivity contribution in [2.24, 2.45) is 4.99 Å². The molecule has 0 saturated carbocycles. The lowest BCUT2D eigenvalue weighted by molar-refractivity contribution is 0.122. The Hall–Kier alpha value is -2.60. The SMILES string of the molecule is CN=C(NCc1ccc(N2CCOCC2)c(F)c1)NCC(C)c1cccc(C)c1. The Kier molecular flexibility index (Phi) is 7.47. The Balaban J connectivity index is 1.52. The van der Waals surface area contributed by atoms with Crippen molar-refractivity contribution in [2.45, 2.75) is 26.3 Å². The molecule has 2 N–H and O–H groups in total. The van der Waals surface area contributed by atoms with Crippen molar-refractivity contribution >= 4 is 11.6 Å². The van der Waals surface area contributed by atoms with E-state index in [-0.39, 0.29) is 5.82 Å². The number of ether oxygens (including phenoxy) is 1. The van der Waals surface area contributed by atoms with Crippen LogP contribution >= 0.6 is 0 Å². The molecule has 1 heterocycles. The van der Waals surface area contributed by atoms with Gasteiger partial charge in [-0.3, -0.25) is 4.99 Å². The summed E-state index contributed by atoms with van der Waals surface area (Å²) in [5.74, 6) is 0.878. The minimum absolute atomic E-state index is 0.192. The maximum atomic E-state index is 14.6. The van der Waals surface area contributed by atoms with Crippen LogP contribution in [-0.2, 0) is 11.3 Å². The van der Waals surface area contributed by atoms with Crippen molar-refractivity contribution in [3.8, 4) is 0 Å². The molecule has 2 aromatic carbocycles. The van der Waals surface area contributed by atoms with Gasteiger partial charge in [0.15, 0.2) is 5.96 Å². The van der Waals surface area contributed by atoms with Crippen molar-refractivity contribution in [3.05, 3.63) is 65.0 Å². The molecule has 1 aliphatic rings. The quantitative estimate of drug-likeness (QED) is 0.578. The number of nitrogens with one attached hydrogen (secondary N) is 2. The molecule has 3 rings (SSSR count). The zero-order valence-corrected chi connectivity index (χ0v) is 17.5. The van der Waals surface area contributed by atoms with Gasteiger partial charge in [-0.25, -0.2) is 4.39 Å². The van der Waals surface area contributed by atoms with Crippen LogP contribution in [0.5, 0.6) is 0 Å². The molecule has 1 atom stereocenters. The Morgan fingerprint density at radius 2 is 1.97 bits per heavy atom. The van der Waals surface area contributed by atoms with E-state index in [1.807, 2.05) is 17.0 Å². The van der Waals surface area contributed by atoms with Gasteiger partial charge in [-0.15, -0.1) is 0 Å². The van der Waals surface area contributed by atoms with Crippen LogP contribution in [0.1, 0.15) is 29.5 Å². The molecule has 6 heteroatoms. The van der Waals surface area contributed by atoms with Crippen LogP contribution in [0, 0.1) is 12.7 Å². The van der Waals surface area contributed by atoms with Gasteiger partial charge < -0.3 is 20.3 Å². The molecule has 0 aromatic heterocycles. The number of rotatable bonds is 6. The van der Waals surface area contributed by atoms with Gasteiger partial charge in [-0.2, -0.15) is 0 Å². The van der Waals surface area contributed by atoms with Crippen LogP contribution in [0.25, 0.3) is 0 Å². The lowest BCUT2D eigenvalue weighted by atomic mass is 9.99. The first kappa shape index (κ1) is 21.1. The average Bonchev–Trinajstić information content (AvgIpc) is 2.74. The maximum Gasteiger partial charge on any atom is 0.191 e. The van der Waals surface area contributed by atoms with Gasteiger partial charge >= 0.3 is 0 Å². The predicted molar refractivity (Wildman–Crippen MR) is 117 cm³/mol. The van der Waals surface area contributed by atoms with Gasteiger partial charge in [0.2, 0.25) is 0 Å². The normalized spacial score (nSPS) is 15.9. The second-order valence-electron chi connectivity index (χ2n) is 7.51. The Bertz CT molecular complexity index is 833. The molecule has 156 valence electrons. The molecule has 1 fully saturated rings. The third-order valence-electron chi connectivity index (χ3n) is 5.23. The van der Waals surface area contributed by atoms with E-state index in [0.717, 1.165) is 25.2 Å². The number of benzene rings is 2. The lowest BCUT2D eigenvalue weighted by Crippen LogP contribution is -2.38. The zero-order valence-electron chi connectivity index (χ0n) is 17.5. The Morgan fingerprint density at radius 1 is 1.17 bits per heavy atom. The Labute approximate surface area is 173 Å². The number of hydrogen-bond donors (Lipinski definition) is 2. The van der Waals surface area contributed by atoms with Crippen molar-refractivity contribution in [1.82, 2.24) is 10.6 Å². The fourth-order valence-corrected chi connectivity index (χ4v) is 3.47. The van der Waals surface area contributed by atoms with Gasteiger partial charge in [-0.1, -0.05) is 42.8 Å². The number of hydrogen-bond acceptors (Lipinski definition) is 3. The van der Waals surface area contributed by atoms with Crippen LogP contribution < -0.4 is 15.5 Å². The molecule has 1 saturated heterocycles. The molecular formula is C23H31FN4O. The third-order valence-corrected chi connectivity index (χ3v) is 5.23. The number of aryl methyl sites for hydroxylation is 1. The molecule has 0 radical (unpaired) electrons. The van der Waals surface area contributed by atoms with Crippen molar-refractivity contribution < 1.29 is 9.13 Å². The molecule has 1 unspecified atom stereocenters. The fraction of sp³-hybridized carbons (Fsp3) is 0.435. The summed E-state index contributed by atoms with van der Waals surface area (Å²) in [5, 5.41) is 6.63. The summed E-state index contributed by atoms with van der Waals surface area (Å²) in [4.78, 5) is 6.31. The number of aliphatic imine (C=N–C) groups is 1. The minimum atomic E-state index is -0.192. The summed E-state index contributed by atoms with van der Waals surface area (Å²) < 4.78 is 19.9. The molecule has 0 spiro atoms. The molecule has 2 aromatic rings. The molecule has 0 aliphatic carbocycles. The van der Waals surface area contributed by atoms with E-state index in [1.165, 1.54) is 11.1 Å². The second-order valence-corrected chi connectivity index (χ2v) is 7.51.